The summed E-state index contributed by atoms with van der Waals surface area (Å²) in [6.45, 7) is 12.6. The average molecular weight is 436 g/mol. The number of fused-ring (bicyclic) bond motifs is 1. The van der Waals surface area contributed by atoms with Gasteiger partial charge in [0.15, 0.2) is 0 Å². The molecule has 0 N–H and O–H groups in total. The number of aryl methyl sites for hydroxylation is 2. The van der Waals surface area contributed by atoms with Gasteiger partial charge in [-0.05, 0) is 88.2 Å². The molecule has 1 aromatic carbocycles. The first-order valence-electron chi connectivity index (χ1n) is 12.0. The van der Waals surface area contributed by atoms with Crippen molar-refractivity contribution in [2.24, 2.45) is 0 Å². The van der Waals surface area contributed by atoms with E-state index >= 15 is 0 Å². The molecule has 32 heavy (non-hydrogen) atoms. The number of benzene rings is 1. The number of carbonyl (C=O) groups is 1. The predicted octanol–water partition coefficient (Wildman–Crippen LogP) is 5.85. The molecule has 0 spiro atoms. The topological polar surface area (TPSA) is 46.8 Å². The summed E-state index contributed by atoms with van der Waals surface area (Å²) in [4.78, 5) is 20.0. The van der Waals surface area contributed by atoms with Gasteiger partial charge in [0.1, 0.15) is 17.1 Å². The van der Waals surface area contributed by atoms with Crippen molar-refractivity contribution >= 4 is 11.4 Å². The Balaban J connectivity index is 1.55. The number of hydrogen-bond donors (Lipinski definition) is 0. The van der Waals surface area contributed by atoms with E-state index in [-0.39, 0.29) is 5.78 Å². The summed E-state index contributed by atoms with van der Waals surface area (Å²) in [6.07, 6.45) is 7.65. The van der Waals surface area contributed by atoms with E-state index in [2.05, 4.69) is 29.8 Å². The van der Waals surface area contributed by atoms with E-state index in [1.807, 2.05) is 48.6 Å². The molecule has 5 nitrogen and oxygen atoms in total. The predicted molar refractivity (Wildman–Crippen MR) is 131 cm³/mol. The summed E-state index contributed by atoms with van der Waals surface area (Å²) >= 11 is 0. The van der Waals surface area contributed by atoms with Crippen LogP contribution in [0.4, 0.5) is 0 Å². The summed E-state index contributed by atoms with van der Waals surface area (Å²) in [5.41, 5.74) is 4.18. The third kappa shape index (κ3) is 6.19. The van der Waals surface area contributed by atoms with E-state index in [0.717, 1.165) is 35.6 Å². The van der Waals surface area contributed by atoms with Crippen molar-refractivity contribution in [1.82, 2.24) is 14.3 Å². The third-order valence-corrected chi connectivity index (χ3v) is 5.83. The van der Waals surface area contributed by atoms with Gasteiger partial charge in [-0.15, -0.1) is 0 Å². The highest BCUT2D eigenvalue weighted by Crippen LogP contribution is 2.19. The lowest BCUT2D eigenvalue weighted by atomic mass is 10.1. The molecule has 2 aromatic heterocycles. The third-order valence-electron chi connectivity index (χ3n) is 5.83. The number of ketones is 1. The second-order valence-electron chi connectivity index (χ2n) is 8.62. The lowest BCUT2D eigenvalue weighted by Gasteiger charge is -2.21. The molecule has 3 rings (SSSR count). The Kier molecular flexibility index (Phi) is 8.86. The fourth-order valence-electron chi connectivity index (χ4n) is 4.07. The number of rotatable bonds is 13. The summed E-state index contributed by atoms with van der Waals surface area (Å²) in [6, 6.07) is 11.5. The Morgan fingerprint density at radius 2 is 1.62 bits per heavy atom. The number of aromatic nitrogens is 2. The van der Waals surface area contributed by atoms with Crippen molar-refractivity contribution in [2.45, 2.75) is 59.8 Å². The van der Waals surface area contributed by atoms with Crippen LogP contribution in [0, 0.1) is 13.8 Å². The maximum atomic E-state index is 13.1. The second-order valence-corrected chi connectivity index (χ2v) is 8.62. The quantitative estimate of drug-likeness (QED) is 0.249. The summed E-state index contributed by atoms with van der Waals surface area (Å²) in [5, 5.41) is 0. The van der Waals surface area contributed by atoms with Gasteiger partial charge >= 0.3 is 0 Å². The maximum absolute atomic E-state index is 13.1. The van der Waals surface area contributed by atoms with E-state index in [9.17, 15) is 4.79 Å². The zero-order valence-corrected chi connectivity index (χ0v) is 20.1. The lowest BCUT2D eigenvalue weighted by molar-refractivity contribution is 0.103. The Bertz CT molecular complexity index is 1000. The number of hydrogen-bond acceptors (Lipinski definition) is 4. The molecular weight excluding hydrogens is 398 g/mol. The minimum atomic E-state index is -0.0292. The minimum absolute atomic E-state index is 0.0292. The van der Waals surface area contributed by atoms with Gasteiger partial charge in [0.25, 0.3) is 0 Å². The second kappa shape index (κ2) is 11.8. The van der Waals surface area contributed by atoms with E-state index in [1.165, 1.54) is 38.8 Å². The minimum Gasteiger partial charge on any atom is -0.494 e. The van der Waals surface area contributed by atoms with E-state index in [0.29, 0.717) is 17.9 Å². The molecule has 0 aliphatic heterocycles. The normalized spacial score (nSPS) is 11.4. The van der Waals surface area contributed by atoms with Gasteiger partial charge in [0.2, 0.25) is 5.78 Å². The van der Waals surface area contributed by atoms with E-state index in [1.54, 1.807) is 6.20 Å². The van der Waals surface area contributed by atoms with Gasteiger partial charge in [0.05, 0.1) is 12.8 Å². The number of ether oxygens (including phenoxy) is 1. The molecular formula is C27H37N3O2. The first kappa shape index (κ1) is 24.0. The summed E-state index contributed by atoms with van der Waals surface area (Å²) < 4.78 is 7.86. The number of unbranched alkanes of at least 4 members (excludes halogenated alkanes) is 2. The highest BCUT2D eigenvalue weighted by molar-refractivity contribution is 6.08. The monoisotopic (exact) mass is 435 g/mol. The van der Waals surface area contributed by atoms with Gasteiger partial charge in [-0.1, -0.05) is 26.7 Å². The first-order valence-corrected chi connectivity index (χ1v) is 12.0. The van der Waals surface area contributed by atoms with Crippen LogP contribution in [0.15, 0.2) is 42.6 Å². The van der Waals surface area contributed by atoms with Crippen LogP contribution in [0.25, 0.3) is 5.65 Å². The first-order chi connectivity index (χ1) is 15.5. The Morgan fingerprint density at radius 3 is 2.28 bits per heavy atom. The number of nitrogens with zero attached hydrogens (tertiary/aromatic N) is 3. The van der Waals surface area contributed by atoms with Crippen molar-refractivity contribution in [3.8, 4) is 5.75 Å². The van der Waals surface area contributed by atoms with Crippen LogP contribution in [0.3, 0.4) is 0 Å². The molecule has 0 aliphatic carbocycles. The highest BCUT2D eigenvalue weighted by atomic mass is 16.5. The number of pyridine rings is 1. The molecule has 0 amide bonds. The van der Waals surface area contributed by atoms with E-state index < -0.39 is 0 Å². The van der Waals surface area contributed by atoms with Gasteiger partial charge in [-0.2, -0.15) is 0 Å². The number of carbonyl (C=O) groups excluding carboxylic acids is 1. The largest absolute Gasteiger partial charge is 0.494 e. The Morgan fingerprint density at radius 1 is 0.969 bits per heavy atom. The average Bonchev–Trinajstić information content (AvgIpc) is 3.22. The van der Waals surface area contributed by atoms with Crippen molar-refractivity contribution < 1.29 is 9.53 Å². The lowest BCUT2D eigenvalue weighted by Crippen LogP contribution is -2.28. The van der Waals surface area contributed by atoms with Crippen molar-refractivity contribution in [2.75, 3.05) is 26.2 Å². The van der Waals surface area contributed by atoms with Crippen LogP contribution < -0.4 is 4.74 Å². The standard InChI is InChI=1S/C27H37N3O2/c1-5-7-14-29(15-8-6-2)16-9-17-32-24-12-10-23(11-13-24)27(31)25-20-28-26-19-21(3)18-22(4)30(25)26/h10-13,18-20H,5-9,14-17H2,1-4H3. The van der Waals surface area contributed by atoms with Crippen LogP contribution in [0.1, 0.15) is 73.3 Å². The summed E-state index contributed by atoms with van der Waals surface area (Å²) in [5.74, 6) is 0.777. The maximum Gasteiger partial charge on any atom is 0.211 e. The van der Waals surface area contributed by atoms with Crippen LogP contribution >= 0.6 is 0 Å². The van der Waals surface area contributed by atoms with Gasteiger partial charge in [-0.25, -0.2) is 4.98 Å². The zero-order chi connectivity index (χ0) is 22.9. The molecule has 172 valence electrons. The number of imidazole rings is 1. The molecule has 0 saturated heterocycles. The zero-order valence-electron chi connectivity index (χ0n) is 20.1. The highest BCUT2D eigenvalue weighted by Gasteiger charge is 2.16. The Labute approximate surface area is 192 Å². The molecule has 3 aromatic rings. The molecule has 0 radical (unpaired) electrons. The Hall–Kier alpha value is -2.66. The van der Waals surface area contributed by atoms with Crippen molar-refractivity contribution in [1.29, 1.82) is 0 Å². The molecule has 0 unspecified atom stereocenters. The van der Waals surface area contributed by atoms with Crippen LogP contribution in [-0.4, -0.2) is 46.3 Å². The fourth-order valence-corrected chi connectivity index (χ4v) is 4.07. The molecule has 0 atom stereocenters. The van der Waals surface area contributed by atoms with Crippen molar-refractivity contribution in [3.63, 3.8) is 0 Å². The van der Waals surface area contributed by atoms with Gasteiger partial charge in [0, 0.05) is 17.8 Å². The van der Waals surface area contributed by atoms with Crippen molar-refractivity contribution in [3.05, 3.63) is 65.1 Å². The SMILES string of the molecule is CCCCN(CCCC)CCCOc1ccc(C(=O)c2cnc3cc(C)cc(C)n23)cc1. The van der Waals surface area contributed by atoms with Crippen LogP contribution in [0.5, 0.6) is 5.75 Å². The van der Waals surface area contributed by atoms with Crippen LogP contribution in [0.2, 0.25) is 0 Å². The smallest absolute Gasteiger partial charge is 0.211 e. The van der Waals surface area contributed by atoms with Gasteiger partial charge in [-0.3, -0.25) is 9.20 Å². The summed E-state index contributed by atoms with van der Waals surface area (Å²) in [7, 11) is 0. The fraction of sp³-hybridized carbons (Fsp3) is 0.481. The molecule has 0 bridgehead atoms. The van der Waals surface area contributed by atoms with E-state index in [4.69, 9.17) is 4.74 Å². The van der Waals surface area contributed by atoms with Crippen LogP contribution in [-0.2, 0) is 0 Å². The molecule has 5 heteroatoms. The molecule has 0 aliphatic rings. The molecule has 0 saturated carbocycles. The molecule has 2 heterocycles. The van der Waals surface area contributed by atoms with Gasteiger partial charge < -0.3 is 9.64 Å². The molecule has 0 fully saturated rings.